The zero-order valence-corrected chi connectivity index (χ0v) is 21.4. The van der Waals surface area contributed by atoms with E-state index in [1.165, 1.54) is 20.8 Å². The lowest BCUT2D eigenvalue weighted by Crippen LogP contribution is -2.61. The number of ether oxygens (including phenoxy) is 3. The smallest absolute Gasteiger partial charge is 0.302 e. The minimum absolute atomic E-state index is 0.0222. The molecule has 4 fully saturated rings. The Morgan fingerprint density at radius 1 is 0.765 bits per heavy atom. The van der Waals surface area contributed by atoms with Crippen LogP contribution in [0.3, 0.4) is 0 Å². The molecule has 0 unspecified atom stereocenters. The van der Waals surface area contributed by atoms with Gasteiger partial charge in [0, 0.05) is 38.0 Å². The summed E-state index contributed by atoms with van der Waals surface area (Å²) in [6, 6.07) is 0. The predicted molar refractivity (Wildman–Crippen MR) is 123 cm³/mol. The average Bonchev–Trinajstić information content (AvgIpc) is 3.01. The van der Waals surface area contributed by atoms with E-state index in [1.807, 2.05) is 0 Å². The van der Waals surface area contributed by atoms with Crippen LogP contribution in [0.1, 0.15) is 86.5 Å². The van der Waals surface area contributed by atoms with Crippen LogP contribution in [0, 0.1) is 40.4 Å². The van der Waals surface area contributed by atoms with Gasteiger partial charge in [0.1, 0.15) is 24.1 Å². The number of hydrogen-bond acceptors (Lipinski definition) is 7. The molecule has 0 aromatic heterocycles. The minimum atomic E-state index is -0.559. The van der Waals surface area contributed by atoms with Gasteiger partial charge in [0.25, 0.3) is 0 Å². The molecule has 190 valence electrons. The Hall–Kier alpha value is -1.92. The van der Waals surface area contributed by atoms with Crippen molar-refractivity contribution in [3.63, 3.8) is 0 Å². The summed E-state index contributed by atoms with van der Waals surface area (Å²) in [5.41, 5.74) is -0.536. The Balaban J connectivity index is 1.72. The van der Waals surface area contributed by atoms with E-state index in [0.717, 1.165) is 38.5 Å². The predicted octanol–water partition coefficient (Wildman–Crippen LogP) is 4.25. The fraction of sp³-hybridized carbons (Fsp3) is 0.852. The summed E-state index contributed by atoms with van der Waals surface area (Å²) in [5.74, 6) is -0.160. The highest BCUT2D eigenvalue weighted by Crippen LogP contribution is 2.68. The molecule has 0 N–H and O–H groups in total. The van der Waals surface area contributed by atoms with Crippen molar-refractivity contribution in [1.82, 2.24) is 0 Å². The van der Waals surface area contributed by atoms with Crippen LogP contribution >= 0.6 is 0 Å². The molecule has 10 atom stereocenters. The van der Waals surface area contributed by atoms with Crippen molar-refractivity contribution < 1.29 is 33.4 Å². The molecule has 7 nitrogen and oxygen atoms in total. The molecule has 0 aliphatic heterocycles. The first kappa shape index (κ1) is 25.2. The molecule has 0 aromatic rings. The number of esters is 3. The van der Waals surface area contributed by atoms with E-state index in [1.54, 1.807) is 6.92 Å². The Kier molecular flexibility index (Phi) is 6.62. The van der Waals surface area contributed by atoms with E-state index in [-0.39, 0.29) is 65.0 Å². The highest BCUT2D eigenvalue weighted by atomic mass is 16.6. The van der Waals surface area contributed by atoms with Crippen molar-refractivity contribution in [3.05, 3.63) is 0 Å². The summed E-state index contributed by atoms with van der Waals surface area (Å²) in [6.07, 6.45) is 5.08. The fourth-order valence-corrected chi connectivity index (χ4v) is 8.86. The second-order valence-electron chi connectivity index (χ2n) is 11.8. The molecule has 4 aliphatic carbocycles. The van der Waals surface area contributed by atoms with Gasteiger partial charge in [-0.05, 0) is 75.0 Å². The number of fused-ring (bicyclic) bond motifs is 5. The Morgan fingerprint density at radius 3 is 2.00 bits per heavy atom. The van der Waals surface area contributed by atoms with Gasteiger partial charge < -0.3 is 14.2 Å². The maximum atomic E-state index is 12.8. The molecule has 0 saturated heterocycles. The van der Waals surface area contributed by atoms with Gasteiger partial charge in [-0.25, -0.2) is 0 Å². The van der Waals surface area contributed by atoms with Crippen LogP contribution in [-0.2, 0) is 33.4 Å². The molecule has 0 spiro atoms. The molecule has 7 heteroatoms. The molecule has 4 saturated carbocycles. The maximum absolute atomic E-state index is 12.8. The second kappa shape index (κ2) is 8.94. The first-order chi connectivity index (χ1) is 15.9. The van der Waals surface area contributed by atoms with Crippen molar-refractivity contribution in [1.29, 1.82) is 0 Å². The summed E-state index contributed by atoms with van der Waals surface area (Å²) < 4.78 is 17.4. The average molecular weight is 477 g/mol. The van der Waals surface area contributed by atoms with Crippen molar-refractivity contribution in [2.24, 2.45) is 40.4 Å². The van der Waals surface area contributed by atoms with E-state index in [9.17, 15) is 19.2 Å². The number of carbonyl (C=O) groups excluding carboxylic acids is 4. The number of Topliss-reactive ketones (excluding diaryl/α,β-unsaturated/α-hetero) is 1. The molecule has 0 heterocycles. The lowest BCUT2D eigenvalue weighted by atomic mass is 9.43. The van der Waals surface area contributed by atoms with Gasteiger partial charge in [-0.3, -0.25) is 19.2 Å². The van der Waals surface area contributed by atoms with Gasteiger partial charge in [0.15, 0.2) is 0 Å². The van der Waals surface area contributed by atoms with Crippen LogP contribution in [0.2, 0.25) is 0 Å². The van der Waals surface area contributed by atoms with Crippen molar-refractivity contribution in [2.75, 3.05) is 0 Å². The molecule has 4 rings (SSSR count). The summed E-state index contributed by atoms with van der Waals surface area (Å²) in [5, 5.41) is 0. The zero-order valence-electron chi connectivity index (χ0n) is 21.4. The van der Waals surface area contributed by atoms with E-state index < -0.39 is 11.5 Å². The van der Waals surface area contributed by atoms with Crippen LogP contribution in [0.4, 0.5) is 0 Å². The van der Waals surface area contributed by atoms with Crippen molar-refractivity contribution in [3.8, 4) is 0 Å². The molecule has 0 amide bonds. The highest BCUT2D eigenvalue weighted by molar-refractivity contribution is 5.80. The number of carbonyl (C=O) groups is 4. The van der Waals surface area contributed by atoms with E-state index >= 15 is 0 Å². The van der Waals surface area contributed by atoms with Crippen LogP contribution < -0.4 is 0 Å². The van der Waals surface area contributed by atoms with Gasteiger partial charge >= 0.3 is 17.9 Å². The highest BCUT2D eigenvalue weighted by Gasteiger charge is 2.68. The topological polar surface area (TPSA) is 96.0 Å². The second-order valence-corrected chi connectivity index (χ2v) is 11.8. The standard InChI is InChI=1S/C27H40O7/c1-14(28)21-12-23(33-16(3)30)25-20-8-7-18-11-19(32-15(2)29)9-10-26(18,5)22(20)13-24(27(21,25)6)34-17(4)31/h18-25H,7-13H2,1-6H3/t18-,19-,20+,21+,22-,23-,24+,25+,26-,27-/m0/s1. The van der Waals surface area contributed by atoms with Gasteiger partial charge in [-0.15, -0.1) is 0 Å². The normalized spacial score (nSPS) is 45.2. The molecular weight excluding hydrogens is 436 g/mol. The summed E-state index contributed by atoms with van der Waals surface area (Å²) in [4.78, 5) is 48.6. The Morgan fingerprint density at radius 2 is 1.41 bits per heavy atom. The van der Waals surface area contributed by atoms with Gasteiger partial charge in [-0.1, -0.05) is 13.8 Å². The minimum Gasteiger partial charge on any atom is -0.463 e. The van der Waals surface area contributed by atoms with Crippen molar-refractivity contribution >= 4 is 23.7 Å². The third kappa shape index (κ3) is 4.07. The first-order valence-corrected chi connectivity index (χ1v) is 12.9. The molecule has 4 aliphatic rings. The molecule has 0 radical (unpaired) electrons. The lowest BCUT2D eigenvalue weighted by molar-refractivity contribution is -0.205. The molecule has 0 aromatic carbocycles. The van der Waals surface area contributed by atoms with Crippen LogP contribution in [-0.4, -0.2) is 42.0 Å². The van der Waals surface area contributed by atoms with Gasteiger partial charge in [0.05, 0.1) is 0 Å². The third-order valence-electron chi connectivity index (χ3n) is 10.1. The Labute approximate surface area is 202 Å². The third-order valence-corrected chi connectivity index (χ3v) is 10.1. The molecular formula is C27H40O7. The summed E-state index contributed by atoms with van der Waals surface area (Å²) in [7, 11) is 0. The quantitative estimate of drug-likeness (QED) is 0.442. The fourth-order valence-electron chi connectivity index (χ4n) is 8.86. The van der Waals surface area contributed by atoms with E-state index in [4.69, 9.17) is 14.2 Å². The van der Waals surface area contributed by atoms with Crippen LogP contribution in [0.5, 0.6) is 0 Å². The maximum Gasteiger partial charge on any atom is 0.302 e. The first-order valence-electron chi connectivity index (χ1n) is 12.9. The lowest BCUT2D eigenvalue weighted by Gasteiger charge is -2.62. The number of rotatable bonds is 4. The SMILES string of the molecule is CC(=O)O[C@H]1CC[C@@]2(C)[C@@H](CC[C@H]3[C@@H]4[C@@H](OC(C)=O)C[C@H](C(C)=O)[C@@]4(C)[C@H](OC(C)=O)C[C@@H]32)C1. The largest absolute Gasteiger partial charge is 0.463 e. The summed E-state index contributed by atoms with van der Waals surface area (Å²) >= 11 is 0. The van der Waals surface area contributed by atoms with Gasteiger partial charge in [-0.2, -0.15) is 0 Å². The van der Waals surface area contributed by atoms with Crippen LogP contribution in [0.25, 0.3) is 0 Å². The molecule has 0 bridgehead atoms. The number of ketones is 1. The van der Waals surface area contributed by atoms with Crippen LogP contribution in [0.15, 0.2) is 0 Å². The van der Waals surface area contributed by atoms with Crippen molar-refractivity contribution in [2.45, 2.75) is 105 Å². The molecule has 34 heavy (non-hydrogen) atoms. The zero-order chi connectivity index (χ0) is 25.0. The Bertz CT molecular complexity index is 867. The monoisotopic (exact) mass is 476 g/mol. The van der Waals surface area contributed by atoms with Gasteiger partial charge in [0.2, 0.25) is 0 Å². The van der Waals surface area contributed by atoms with E-state index in [2.05, 4.69) is 13.8 Å². The van der Waals surface area contributed by atoms with E-state index in [0.29, 0.717) is 12.3 Å². The number of hydrogen-bond donors (Lipinski definition) is 0. The summed E-state index contributed by atoms with van der Waals surface area (Å²) in [6.45, 7) is 10.4.